The number of hydrogen-bond donors (Lipinski definition) is 3. The third-order valence-electron chi connectivity index (χ3n) is 1.67. The first-order chi connectivity index (χ1) is 7.52. The molecule has 1 aromatic heterocycles. The quantitative estimate of drug-likeness (QED) is 0.705. The second-order valence-corrected chi connectivity index (χ2v) is 4.13. The van der Waals surface area contributed by atoms with Gasteiger partial charge in [-0.15, -0.1) is 11.3 Å². The van der Waals surface area contributed by atoms with Gasteiger partial charge in [-0.2, -0.15) is 0 Å². The van der Waals surface area contributed by atoms with E-state index in [1.165, 1.54) is 18.3 Å². The van der Waals surface area contributed by atoms with Gasteiger partial charge >= 0.3 is 0 Å². The van der Waals surface area contributed by atoms with Gasteiger partial charge in [-0.05, 0) is 6.92 Å². The van der Waals surface area contributed by atoms with Crippen molar-refractivity contribution in [3.8, 4) is 0 Å². The molecule has 0 aliphatic carbocycles. The number of aliphatic hydroxyl groups excluding tert-OH is 1. The first-order valence-corrected chi connectivity index (χ1v) is 5.55. The zero-order chi connectivity index (χ0) is 12.1. The van der Waals surface area contributed by atoms with Crippen molar-refractivity contribution < 1.29 is 14.7 Å². The summed E-state index contributed by atoms with van der Waals surface area (Å²) in [7, 11) is 0. The second kappa shape index (κ2) is 5.57. The first-order valence-electron chi connectivity index (χ1n) is 4.67. The number of thiazole rings is 1. The topological polar surface area (TPSA) is 91.3 Å². The third kappa shape index (κ3) is 3.59. The Hall–Kier alpha value is -1.47. The Morgan fingerprint density at radius 2 is 2.31 bits per heavy atom. The third-order valence-corrected chi connectivity index (χ3v) is 2.43. The van der Waals surface area contributed by atoms with Crippen LogP contribution in [0.25, 0.3) is 0 Å². The summed E-state index contributed by atoms with van der Waals surface area (Å²) in [5.41, 5.74) is 0.231. The molecule has 0 aliphatic heterocycles. The second-order valence-electron chi connectivity index (χ2n) is 3.28. The number of carbonyl (C=O) groups is 2. The van der Waals surface area contributed by atoms with Crippen LogP contribution in [0, 0.1) is 0 Å². The molecular formula is C9H13N3O3S. The molecule has 0 spiro atoms. The SMILES string of the molecule is CC(=O)Nc1nc(C(=O)NC(C)CO)cs1. The fourth-order valence-corrected chi connectivity index (χ4v) is 1.67. The van der Waals surface area contributed by atoms with E-state index in [0.717, 1.165) is 0 Å². The van der Waals surface area contributed by atoms with Crippen molar-refractivity contribution >= 4 is 28.3 Å². The van der Waals surface area contributed by atoms with Gasteiger partial charge in [-0.25, -0.2) is 4.98 Å². The van der Waals surface area contributed by atoms with Gasteiger partial charge in [0.1, 0.15) is 5.69 Å². The normalized spacial score (nSPS) is 11.9. The Bertz CT molecular complexity index is 391. The summed E-state index contributed by atoms with van der Waals surface area (Å²) < 4.78 is 0. The summed E-state index contributed by atoms with van der Waals surface area (Å²) in [6.07, 6.45) is 0. The van der Waals surface area contributed by atoms with Crippen LogP contribution in [0.2, 0.25) is 0 Å². The summed E-state index contributed by atoms with van der Waals surface area (Å²) in [5, 5.41) is 15.7. The Balaban J connectivity index is 2.63. The highest BCUT2D eigenvalue weighted by Crippen LogP contribution is 2.15. The zero-order valence-corrected chi connectivity index (χ0v) is 9.80. The molecule has 0 aromatic carbocycles. The average Bonchev–Trinajstić information content (AvgIpc) is 2.65. The average molecular weight is 243 g/mol. The van der Waals surface area contributed by atoms with Gasteiger partial charge in [0, 0.05) is 18.3 Å². The molecule has 1 unspecified atom stereocenters. The lowest BCUT2D eigenvalue weighted by Crippen LogP contribution is -2.35. The monoisotopic (exact) mass is 243 g/mol. The van der Waals surface area contributed by atoms with E-state index < -0.39 is 0 Å². The van der Waals surface area contributed by atoms with Crippen molar-refractivity contribution in [1.29, 1.82) is 0 Å². The molecule has 0 aliphatic rings. The number of aliphatic hydroxyl groups is 1. The molecule has 6 nitrogen and oxygen atoms in total. The Morgan fingerprint density at radius 3 is 2.88 bits per heavy atom. The molecule has 0 bridgehead atoms. The number of nitrogens with zero attached hydrogens (tertiary/aromatic N) is 1. The van der Waals surface area contributed by atoms with Gasteiger partial charge in [0.25, 0.3) is 5.91 Å². The zero-order valence-electron chi connectivity index (χ0n) is 8.98. The molecule has 88 valence electrons. The standard InChI is InChI=1S/C9H13N3O3S/c1-5(3-13)10-8(15)7-4-16-9(12-7)11-6(2)14/h4-5,13H,3H2,1-2H3,(H,10,15)(H,11,12,14). The van der Waals surface area contributed by atoms with E-state index in [1.807, 2.05) is 0 Å². The Morgan fingerprint density at radius 1 is 1.62 bits per heavy atom. The van der Waals surface area contributed by atoms with Gasteiger partial charge in [0.15, 0.2) is 5.13 Å². The molecule has 3 N–H and O–H groups in total. The minimum absolute atomic E-state index is 0.131. The lowest BCUT2D eigenvalue weighted by molar-refractivity contribution is -0.114. The Kier molecular flexibility index (Phi) is 4.39. The van der Waals surface area contributed by atoms with Crippen LogP contribution in [-0.4, -0.2) is 34.6 Å². The van der Waals surface area contributed by atoms with Crippen molar-refractivity contribution in [3.63, 3.8) is 0 Å². The van der Waals surface area contributed by atoms with Crippen molar-refractivity contribution in [1.82, 2.24) is 10.3 Å². The number of anilines is 1. The number of amides is 2. The lowest BCUT2D eigenvalue weighted by atomic mass is 10.3. The van der Waals surface area contributed by atoms with Gasteiger partial charge < -0.3 is 15.7 Å². The predicted molar refractivity (Wildman–Crippen MR) is 60.4 cm³/mol. The van der Waals surface area contributed by atoms with Crippen LogP contribution in [0.15, 0.2) is 5.38 Å². The number of rotatable bonds is 4. The highest BCUT2D eigenvalue weighted by molar-refractivity contribution is 7.14. The van der Waals surface area contributed by atoms with E-state index in [2.05, 4.69) is 15.6 Å². The number of aromatic nitrogens is 1. The summed E-state index contributed by atoms with van der Waals surface area (Å²) in [6, 6.07) is -0.321. The fourth-order valence-electron chi connectivity index (χ4n) is 0.929. The predicted octanol–water partition coefficient (Wildman–Crippen LogP) is 0.212. The van der Waals surface area contributed by atoms with E-state index in [9.17, 15) is 9.59 Å². The van der Waals surface area contributed by atoms with Crippen molar-refractivity contribution in [2.75, 3.05) is 11.9 Å². The van der Waals surface area contributed by atoms with Crippen LogP contribution in [0.4, 0.5) is 5.13 Å². The molecule has 7 heteroatoms. The number of carbonyl (C=O) groups excluding carboxylic acids is 2. The molecule has 1 heterocycles. The van der Waals surface area contributed by atoms with E-state index >= 15 is 0 Å². The highest BCUT2D eigenvalue weighted by Gasteiger charge is 2.13. The fraction of sp³-hybridized carbons (Fsp3) is 0.444. The first kappa shape index (κ1) is 12.6. The maximum absolute atomic E-state index is 11.5. The highest BCUT2D eigenvalue weighted by atomic mass is 32.1. The minimum Gasteiger partial charge on any atom is -0.394 e. The smallest absolute Gasteiger partial charge is 0.271 e. The van der Waals surface area contributed by atoms with Crippen molar-refractivity contribution in [3.05, 3.63) is 11.1 Å². The molecule has 1 rings (SSSR count). The van der Waals surface area contributed by atoms with Crippen LogP contribution >= 0.6 is 11.3 Å². The van der Waals surface area contributed by atoms with Crippen molar-refractivity contribution in [2.24, 2.45) is 0 Å². The largest absolute Gasteiger partial charge is 0.394 e. The molecule has 2 amide bonds. The van der Waals surface area contributed by atoms with Crippen LogP contribution in [0.1, 0.15) is 24.3 Å². The molecule has 0 fully saturated rings. The maximum atomic E-state index is 11.5. The summed E-state index contributed by atoms with van der Waals surface area (Å²) >= 11 is 1.17. The molecule has 0 radical (unpaired) electrons. The van der Waals surface area contributed by atoms with Gasteiger partial charge in [0.05, 0.1) is 6.61 Å². The number of nitrogens with one attached hydrogen (secondary N) is 2. The van der Waals surface area contributed by atoms with Crippen LogP contribution in [-0.2, 0) is 4.79 Å². The van der Waals surface area contributed by atoms with E-state index in [1.54, 1.807) is 12.3 Å². The lowest BCUT2D eigenvalue weighted by Gasteiger charge is -2.08. The van der Waals surface area contributed by atoms with Crippen LogP contribution in [0.3, 0.4) is 0 Å². The molecule has 0 saturated carbocycles. The van der Waals surface area contributed by atoms with Crippen LogP contribution in [0.5, 0.6) is 0 Å². The minimum atomic E-state index is -0.366. The molecule has 1 aromatic rings. The summed E-state index contributed by atoms with van der Waals surface area (Å²) in [5.74, 6) is -0.598. The molecule has 16 heavy (non-hydrogen) atoms. The van der Waals surface area contributed by atoms with E-state index in [4.69, 9.17) is 5.11 Å². The van der Waals surface area contributed by atoms with Crippen LogP contribution < -0.4 is 10.6 Å². The van der Waals surface area contributed by atoms with Gasteiger partial charge in [-0.1, -0.05) is 0 Å². The van der Waals surface area contributed by atoms with Gasteiger partial charge in [-0.3, -0.25) is 9.59 Å². The van der Waals surface area contributed by atoms with Crippen molar-refractivity contribution in [2.45, 2.75) is 19.9 Å². The number of hydrogen-bond acceptors (Lipinski definition) is 5. The summed E-state index contributed by atoms with van der Waals surface area (Å²) in [6.45, 7) is 2.92. The Labute approximate surface area is 96.7 Å². The van der Waals surface area contributed by atoms with Gasteiger partial charge in [0.2, 0.25) is 5.91 Å². The molecular weight excluding hydrogens is 230 g/mol. The maximum Gasteiger partial charge on any atom is 0.271 e. The molecule has 0 saturated heterocycles. The molecule has 1 atom stereocenters. The van der Waals surface area contributed by atoms with E-state index in [0.29, 0.717) is 5.13 Å². The summed E-state index contributed by atoms with van der Waals surface area (Å²) in [4.78, 5) is 26.2. The van der Waals surface area contributed by atoms with E-state index in [-0.39, 0.29) is 30.2 Å².